The van der Waals surface area contributed by atoms with Gasteiger partial charge in [-0.15, -0.1) is 0 Å². The molecule has 0 aliphatic heterocycles. The van der Waals surface area contributed by atoms with E-state index >= 15 is 0 Å². The molecule has 3 rings (SSSR count). The molecule has 1 amide bonds. The van der Waals surface area contributed by atoms with E-state index in [1.165, 1.54) is 26.0 Å². The van der Waals surface area contributed by atoms with Crippen molar-refractivity contribution in [2.75, 3.05) is 6.54 Å². The van der Waals surface area contributed by atoms with Gasteiger partial charge in [0, 0.05) is 35.7 Å². The number of carbonyl (C=O) groups is 3. The predicted molar refractivity (Wildman–Crippen MR) is 113 cm³/mol. The quantitative estimate of drug-likeness (QED) is 0.498. The van der Waals surface area contributed by atoms with Crippen molar-refractivity contribution in [2.45, 2.75) is 26.7 Å². The number of aliphatic carboxylic acids is 1. The zero-order valence-corrected chi connectivity index (χ0v) is 17.8. The zero-order valence-electron chi connectivity index (χ0n) is 17.8. The first kappa shape index (κ1) is 23.8. The highest BCUT2D eigenvalue weighted by Gasteiger charge is 2.26. The van der Waals surface area contributed by atoms with Crippen LogP contribution in [0.5, 0.6) is 5.75 Å². The number of aryl methyl sites for hydroxylation is 1. The van der Waals surface area contributed by atoms with Gasteiger partial charge in [-0.1, -0.05) is 13.0 Å². The Kier molecular flexibility index (Phi) is 6.75. The molecule has 1 heterocycles. The summed E-state index contributed by atoms with van der Waals surface area (Å²) in [5, 5.41) is 20.9. The van der Waals surface area contributed by atoms with Crippen LogP contribution in [-0.2, 0) is 16.0 Å². The summed E-state index contributed by atoms with van der Waals surface area (Å²) in [4.78, 5) is 36.1. The van der Waals surface area contributed by atoms with E-state index in [-0.39, 0.29) is 47.1 Å². The van der Waals surface area contributed by atoms with E-state index < -0.39 is 46.9 Å². The van der Waals surface area contributed by atoms with Crippen LogP contribution in [0.1, 0.15) is 35.0 Å². The topological polar surface area (TPSA) is 109 Å². The highest BCUT2D eigenvalue weighted by Crippen LogP contribution is 2.35. The van der Waals surface area contributed by atoms with Gasteiger partial charge in [-0.3, -0.25) is 19.0 Å². The lowest BCUT2D eigenvalue weighted by Gasteiger charge is -2.09. The minimum Gasteiger partial charge on any atom is -0.503 e. The van der Waals surface area contributed by atoms with Gasteiger partial charge in [0.1, 0.15) is 5.82 Å². The van der Waals surface area contributed by atoms with E-state index in [1.807, 2.05) is 0 Å². The summed E-state index contributed by atoms with van der Waals surface area (Å²) in [6.45, 7) is 2.78. The molecule has 0 fully saturated rings. The normalized spacial score (nSPS) is 12.0. The second-order valence-electron chi connectivity index (χ2n) is 7.67. The molecule has 33 heavy (non-hydrogen) atoms. The number of carboxylic acids is 1. The monoisotopic (exact) mass is 462 g/mol. The Morgan fingerprint density at radius 3 is 2.48 bits per heavy atom. The summed E-state index contributed by atoms with van der Waals surface area (Å²) in [6.07, 6.45) is -0.265. The van der Waals surface area contributed by atoms with Gasteiger partial charge in [0.2, 0.25) is 5.91 Å². The fraction of sp³-hybridized carbons (Fsp3) is 0.261. The van der Waals surface area contributed by atoms with Crippen LogP contribution in [0.15, 0.2) is 30.3 Å². The van der Waals surface area contributed by atoms with Crippen LogP contribution in [-0.4, -0.2) is 39.1 Å². The first-order valence-electron chi connectivity index (χ1n) is 10.0. The summed E-state index contributed by atoms with van der Waals surface area (Å²) >= 11 is 0. The summed E-state index contributed by atoms with van der Waals surface area (Å²) in [6, 6.07) is 5.60. The van der Waals surface area contributed by atoms with Gasteiger partial charge in [-0.25, -0.2) is 13.2 Å². The highest BCUT2D eigenvalue weighted by molar-refractivity contribution is 6.04. The average Bonchev–Trinajstić information content (AvgIpc) is 3.04. The molecule has 0 saturated carbocycles. The van der Waals surface area contributed by atoms with Gasteiger partial charge in [-0.2, -0.15) is 0 Å². The number of aromatic nitrogens is 1. The Morgan fingerprint density at radius 1 is 1.15 bits per heavy atom. The lowest BCUT2D eigenvalue weighted by molar-refractivity contribution is -0.141. The van der Waals surface area contributed by atoms with Crippen molar-refractivity contribution >= 4 is 28.7 Å². The molecule has 3 aromatic rings. The number of phenols is 1. The molecule has 1 aromatic heterocycles. The van der Waals surface area contributed by atoms with Gasteiger partial charge in [-0.05, 0) is 37.1 Å². The van der Waals surface area contributed by atoms with Gasteiger partial charge in [0.15, 0.2) is 17.4 Å². The molecule has 1 atom stereocenters. The number of amides is 1. The molecule has 2 aromatic carbocycles. The Balaban J connectivity index is 2.02. The zero-order chi connectivity index (χ0) is 24.4. The van der Waals surface area contributed by atoms with Crippen molar-refractivity contribution in [1.82, 2.24) is 9.88 Å². The maximum absolute atomic E-state index is 14.9. The maximum atomic E-state index is 14.9. The molecule has 0 spiro atoms. The Hall–Kier alpha value is -3.82. The standard InChI is InChI=1S/C23H21F3N2O5/c1-11(23(32)33)10-27-18(29)7-6-15-12(2)28(22(31)13-4-3-5-14(24)8-13)17-9-16(25)21(30)20(26)19(15)17/h3-5,8-9,11,30H,6-7,10H2,1-2H3,(H,27,29)(H,32,33)/t11-/m0/s1. The molecule has 0 bridgehead atoms. The molecule has 0 aliphatic carbocycles. The van der Waals surface area contributed by atoms with Crippen molar-refractivity contribution in [3.63, 3.8) is 0 Å². The van der Waals surface area contributed by atoms with Crippen molar-refractivity contribution in [3.8, 4) is 5.75 Å². The number of hydrogen-bond donors (Lipinski definition) is 3. The third-order valence-corrected chi connectivity index (χ3v) is 5.39. The number of halogens is 3. The predicted octanol–water partition coefficient (Wildman–Crippen LogP) is 3.53. The average molecular weight is 462 g/mol. The van der Waals surface area contributed by atoms with E-state index in [4.69, 9.17) is 5.11 Å². The summed E-state index contributed by atoms with van der Waals surface area (Å²) < 4.78 is 43.6. The Morgan fingerprint density at radius 2 is 1.85 bits per heavy atom. The molecule has 0 saturated heterocycles. The number of nitrogens with zero attached hydrogens (tertiary/aromatic N) is 1. The molecule has 0 aliphatic rings. The van der Waals surface area contributed by atoms with E-state index in [0.29, 0.717) is 0 Å². The Labute approximate surface area is 186 Å². The molecule has 0 unspecified atom stereocenters. The number of phenolic OH excluding ortho intramolecular Hbond substituents is 1. The summed E-state index contributed by atoms with van der Waals surface area (Å²) in [5.74, 6) is -7.59. The second-order valence-corrected chi connectivity index (χ2v) is 7.67. The molecular weight excluding hydrogens is 441 g/mol. The fourth-order valence-corrected chi connectivity index (χ4v) is 3.56. The Bertz CT molecular complexity index is 1270. The van der Waals surface area contributed by atoms with Gasteiger partial charge in [0.25, 0.3) is 5.91 Å². The summed E-state index contributed by atoms with van der Waals surface area (Å²) in [5.41, 5.74) is 0.138. The third-order valence-electron chi connectivity index (χ3n) is 5.39. The lowest BCUT2D eigenvalue weighted by atomic mass is 10.0. The largest absolute Gasteiger partial charge is 0.503 e. The van der Waals surface area contributed by atoms with Crippen LogP contribution in [0.4, 0.5) is 13.2 Å². The van der Waals surface area contributed by atoms with E-state index in [2.05, 4.69) is 5.32 Å². The third kappa shape index (κ3) is 4.69. The molecule has 174 valence electrons. The smallest absolute Gasteiger partial charge is 0.308 e. The number of nitrogens with one attached hydrogen (secondary N) is 1. The SMILES string of the molecule is Cc1c(CCC(=O)NC[C@H](C)C(=O)O)c2c(F)c(O)c(F)cc2n1C(=O)c1cccc(F)c1. The van der Waals surface area contributed by atoms with Crippen LogP contribution in [0.3, 0.4) is 0 Å². The van der Waals surface area contributed by atoms with E-state index in [1.54, 1.807) is 0 Å². The lowest BCUT2D eigenvalue weighted by Crippen LogP contribution is -2.31. The van der Waals surface area contributed by atoms with Crippen molar-refractivity contribution < 1.29 is 37.8 Å². The van der Waals surface area contributed by atoms with Crippen molar-refractivity contribution in [1.29, 1.82) is 0 Å². The summed E-state index contributed by atoms with van der Waals surface area (Å²) in [7, 11) is 0. The van der Waals surface area contributed by atoms with Crippen LogP contribution in [0.2, 0.25) is 0 Å². The van der Waals surface area contributed by atoms with Crippen LogP contribution in [0.25, 0.3) is 10.9 Å². The van der Waals surface area contributed by atoms with Crippen LogP contribution in [0, 0.1) is 30.3 Å². The minimum atomic E-state index is -1.28. The van der Waals surface area contributed by atoms with Crippen LogP contribution >= 0.6 is 0 Å². The maximum Gasteiger partial charge on any atom is 0.308 e. The first-order chi connectivity index (χ1) is 15.5. The van der Waals surface area contributed by atoms with Gasteiger partial charge in [0.05, 0.1) is 11.4 Å². The molecular formula is C23H21F3N2O5. The van der Waals surface area contributed by atoms with E-state index in [0.717, 1.165) is 22.8 Å². The van der Waals surface area contributed by atoms with Gasteiger partial charge < -0.3 is 15.5 Å². The molecule has 7 nitrogen and oxygen atoms in total. The molecule has 10 heteroatoms. The number of rotatable bonds is 7. The number of carbonyl (C=O) groups excluding carboxylic acids is 2. The fourth-order valence-electron chi connectivity index (χ4n) is 3.56. The number of aromatic hydroxyl groups is 1. The highest BCUT2D eigenvalue weighted by atomic mass is 19.1. The van der Waals surface area contributed by atoms with E-state index in [9.17, 15) is 32.7 Å². The number of fused-ring (bicyclic) bond motifs is 1. The molecule has 0 radical (unpaired) electrons. The number of carboxylic acid groups (broad SMARTS) is 1. The minimum absolute atomic E-state index is 0.0594. The van der Waals surface area contributed by atoms with Crippen molar-refractivity contribution in [3.05, 3.63) is 64.6 Å². The molecule has 3 N–H and O–H groups in total. The number of hydrogen-bond acceptors (Lipinski definition) is 4. The van der Waals surface area contributed by atoms with Gasteiger partial charge >= 0.3 is 5.97 Å². The van der Waals surface area contributed by atoms with Crippen molar-refractivity contribution in [2.24, 2.45) is 5.92 Å². The second kappa shape index (κ2) is 9.35. The number of benzene rings is 2. The first-order valence-corrected chi connectivity index (χ1v) is 10.0. The van der Waals surface area contributed by atoms with Crippen LogP contribution < -0.4 is 5.32 Å².